The number of thioether (sulfide) groups is 1. The first-order chi connectivity index (χ1) is 10.1. The normalized spacial score (nSPS) is 10.2. The van der Waals surface area contributed by atoms with Crippen molar-refractivity contribution < 1.29 is 9.53 Å². The zero-order valence-corrected chi connectivity index (χ0v) is 13.4. The Morgan fingerprint density at radius 1 is 1.24 bits per heavy atom. The third-order valence-corrected chi connectivity index (χ3v) is 4.00. The molecule has 0 saturated heterocycles. The molecule has 0 aliphatic carbocycles. The Hall–Kier alpha value is -1.65. The summed E-state index contributed by atoms with van der Waals surface area (Å²) in [7, 11) is 1.56. The van der Waals surface area contributed by atoms with Crippen LogP contribution in [0.2, 0.25) is 5.02 Å². The molecule has 2 aromatic rings. The Kier molecular flexibility index (Phi) is 5.53. The van der Waals surface area contributed by atoms with E-state index >= 15 is 0 Å². The van der Waals surface area contributed by atoms with Crippen molar-refractivity contribution in [2.75, 3.05) is 13.4 Å². The molecule has 0 atom stereocenters. The van der Waals surface area contributed by atoms with Gasteiger partial charge in [-0.25, -0.2) is 0 Å². The van der Waals surface area contributed by atoms with E-state index < -0.39 is 0 Å². The Morgan fingerprint density at radius 3 is 2.57 bits per heavy atom. The fraction of sp³-hybridized carbons (Fsp3) is 0.188. The molecule has 0 heterocycles. The van der Waals surface area contributed by atoms with Crippen molar-refractivity contribution in [2.24, 2.45) is 0 Å². The molecule has 1 amide bonds. The van der Waals surface area contributed by atoms with E-state index in [1.165, 1.54) is 0 Å². The van der Waals surface area contributed by atoms with Gasteiger partial charge in [0.1, 0.15) is 5.75 Å². The predicted octanol–water partition coefficient (Wildman–Crippen LogP) is 4.00. The highest BCUT2D eigenvalue weighted by Gasteiger charge is 2.12. The van der Waals surface area contributed by atoms with Crippen molar-refractivity contribution in [3.05, 3.63) is 58.6 Å². The maximum atomic E-state index is 12.2. The second kappa shape index (κ2) is 7.38. The molecule has 0 bridgehead atoms. The number of carbonyl (C=O) groups is 1. The maximum absolute atomic E-state index is 12.2. The summed E-state index contributed by atoms with van der Waals surface area (Å²) in [6.07, 6.45) is 1.98. The lowest BCUT2D eigenvalue weighted by atomic mass is 10.1. The highest BCUT2D eigenvalue weighted by molar-refractivity contribution is 7.98. The van der Waals surface area contributed by atoms with Crippen molar-refractivity contribution >= 4 is 29.3 Å². The number of halogens is 1. The third kappa shape index (κ3) is 4.16. The summed E-state index contributed by atoms with van der Waals surface area (Å²) in [5.74, 6) is 0.421. The monoisotopic (exact) mass is 321 g/mol. The summed E-state index contributed by atoms with van der Waals surface area (Å²) in [6.45, 7) is 0.448. The fourth-order valence-corrected chi connectivity index (χ4v) is 2.42. The molecule has 0 aliphatic heterocycles. The number of ether oxygens (including phenoxy) is 1. The van der Waals surface area contributed by atoms with Crippen LogP contribution < -0.4 is 10.1 Å². The number of methoxy groups -OCH3 is 1. The van der Waals surface area contributed by atoms with E-state index in [-0.39, 0.29) is 5.91 Å². The summed E-state index contributed by atoms with van der Waals surface area (Å²) >= 11 is 7.44. The highest BCUT2D eigenvalue weighted by atomic mass is 35.5. The van der Waals surface area contributed by atoms with Gasteiger partial charge >= 0.3 is 0 Å². The van der Waals surface area contributed by atoms with Crippen molar-refractivity contribution in [2.45, 2.75) is 11.4 Å². The number of nitrogens with one attached hydrogen (secondary N) is 1. The van der Waals surface area contributed by atoms with Gasteiger partial charge in [0.05, 0.1) is 12.7 Å². The zero-order valence-electron chi connectivity index (χ0n) is 11.9. The summed E-state index contributed by atoms with van der Waals surface area (Å²) in [6, 6.07) is 12.9. The van der Waals surface area contributed by atoms with E-state index in [1.54, 1.807) is 37.1 Å². The molecular weight excluding hydrogens is 306 g/mol. The van der Waals surface area contributed by atoms with E-state index in [9.17, 15) is 4.79 Å². The van der Waals surface area contributed by atoms with E-state index in [2.05, 4.69) is 5.32 Å². The molecule has 0 fully saturated rings. The maximum Gasteiger partial charge on any atom is 0.255 e. The minimum Gasteiger partial charge on any atom is -0.496 e. The molecule has 0 unspecified atom stereocenters. The number of carbonyl (C=O) groups excluding carboxylic acids is 1. The van der Waals surface area contributed by atoms with E-state index in [0.717, 1.165) is 10.5 Å². The summed E-state index contributed by atoms with van der Waals surface area (Å²) in [4.78, 5) is 13.3. The van der Waals surface area contributed by atoms with Crippen LogP contribution in [0.25, 0.3) is 0 Å². The van der Waals surface area contributed by atoms with Crippen molar-refractivity contribution in [1.82, 2.24) is 5.32 Å². The first-order valence-electron chi connectivity index (χ1n) is 6.38. The van der Waals surface area contributed by atoms with Crippen LogP contribution in [0.3, 0.4) is 0 Å². The summed E-state index contributed by atoms with van der Waals surface area (Å²) in [5.41, 5.74) is 1.52. The predicted molar refractivity (Wildman–Crippen MR) is 87.4 cm³/mol. The lowest BCUT2D eigenvalue weighted by Crippen LogP contribution is -2.23. The van der Waals surface area contributed by atoms with E-state index in [1.807, 2.05) is 30.5 Å². The summed E-state index contributed by atoms with van der Waals surface area (Å²) < 4.78 is 5.29. The number of hydrogen-bond donors (Lipinski definition) is 1. The smallest absolute Gasteiger partial charge is 0.255 e. The second-order valence-corrected chi connectivity index (χ2v) is 5.69. The van der Waals surface area contributed by atoms with Gasteiger partial charge in [-0.1, -0.05) is 23.7 Å². The fourth-order valence-electron chi connectivity index (χ4n) is 1.87. The van der Waals surface area contributed by atoms with Crippen molar-refractivity contribution in [1.29, 1.82) is 0 Å². The number of benzene rings is 2. The molecule has 2 aromatic carbocycles. The topological polar surface area (TPSA) is 38.3 Å². The molecule has 2 rings (SSSR count). The van der Waals surface area contributed by atoms with Gasteiger partial charge in [-0.15, -0.1) is 11.8 Å². The second-order valence-electron chi connectivity index (χ2n) is 4.38. The minimum absolute atomic E-state index is 0.158. The van der Waals surface area contributed by atoms with Gasteiger partial charge < -0.3 is 10.1 Å². The summed E-state index contributed by atoms with van der Waals surface area (Å²) in [5, 5.41) is 3.56. The van der Waals surface area contributed by atoms with Crippen LogP contribution in [0, 0.1) is 0 Å². The Balaban J connectivity index is 2.07. The number of hydrogen-bond acceptors (Lipinski definition) is 3. The van der Waals surface area contributed by atoms with Crippen LogP contribution in [-0.4, -0.2) is 19.3 Å². The minimum atomic E-state index is -0.158. The number of rotatable bonds is 5. The molecule has 0 aliphatic rings. The quantitative estimate of drug-likeness (QED) is 0.846. The first kappa shape index (κ1) is 15.7. The van der Waals surface area contributed by atoms with Crippen LogP contribution in [-0.2, 0) is 6.54 Å². The highest BCUT2D eigenvalue weighted by Crippen LogP contribution is 2.25. The zero-order chi connectivity index (χ0) is 15.2. The Labute approximate surface area is 133 Å². The average molecular weight is 322 g/mol. The SMILES string of the molecule is COc1cc(SC)ccc1C(=O)NCc1ccc(Cl)cc1. The van der Waals surface area contributed by atoms with Gasteiger partial charge in [-0.05, 0) is 42.2 Å². The van der Waals surface area contributed by atoms with Crippen molar-refractivity contribution in [3.63, 3.8) is 0 Å². The van der Waals surface area contributed by atoms with Gasteiger partial charge in [0, 0.05) is 16.5 Å². The molecule has 0 radical (unpaired) electrons. The van der Waals surface area contributed by atoms with Crippen LogP contribution in [0.15, 0.2) is 47.4 Å². The first-order valence-corrected chi connectivity index (χ1v) is 7.99. The largest absolute Gasteiger partial charge is 0.496 e. The van der Waals surface area contributed by atoms with Crippen LogP contribution in [0.5, 0.6) is 5.75 Å². The van der Waals surface area contributed by atoms with Crippen LogP contribution in [0.1, 0.15) is 15.9 Å². The van der Waals surface area contributed by atoms with E-state index in [4.69, 9.17) is 16.3 Å². The molecule has 21 heavy (non-hydrogen) atoms. The lowest BCUT2D eigenvalue weighted by molar-refractivity contribution is 0.0948. The lowest BCUT2D eigenvalue weighted by Gasteiger charge is -2.10. The number of amides is 1. The molecule has 1 N–H and O–H groups in total. The third-order valence-electron chi connectivity index (χ3n) is 3.02. The Bertz CT molecular complexity index is 629. The van der Waals surface area contributed by atoms with Crippen molar-refractivity contribution in [3.8, 4) is 5.75 Å². The van der Waals surface area contributed by atoms with Gasteiger partial charge in [0.15, 0.2) is 0 Å². The standard InChI is InChI=1S/C16H16ClNO2S/c1-20-15-9-13(21-2)7-8-14(15)16(19)18-10-11-3-5-12(17)6-4-11/h3-9H,10H2,1-2H3,(H,18,19). The molecule has 110 valence electrons. The molecule has 0 aromatic heterocycles. The van der Waals surface area contributed by atoms with Gasteiger partial charge in [-0.3, -0.25) is 4.79 Å². The van der Waals surface area contributed by atoms with Gasteiger partial charge in [-0.2, -0.15) is 0 Å². The molecule has 3 nitrogen and oxygen atoms in total. The van der Waals surface area contributed by atoms with Gasteiger partial charge in [0.25, 0.3) is 5.91 Å². The molecule has 0 saturated carbocycles. The van der Waals surface area contributed by atoms with E-state index in [0.29, 0.717) is 22.9 Å². The van der Waals surface area contributed by atoms with Gasteiger partial charge in [0.2, 0.25) is 0 Å². The molecular formula is C16H16ClNO2S. The Morgan fingerprint density at radius 2 is 1.95 bits per heavy atom. The molecule has 0 spiro atoms. The van der Waals surface area contributed by atoms with Crippen LogP contribution in [0.4, 0.5) is 0 Å². The molecule has 5 heteroatoms. The average Bonchev–Trinajstić information content (AvgIpc) is 2.53. The van der Waals surface area contributed by atoms with Crippen LogP contribution >= 0.6 is 23.4 Å².